The normalized spacial score (nSPS) is 15.8. The number of hydrogen-bond donors (Lipinski definition) is 0. The van der Waals surface area contributed by atoms with Crippen molar-refractivity contribution < 1.29 is 9.32 Å². The van der Waals surface area contributed by atoms with Crippen LogP contribution in [-0.2, 0) is 6.54 Å². The summed E-state index contributed by atoms with van der Waals surface area (Å²) >= 11 is 0. The lowest BCUT2D eigenvalue weighted by Crippen LogP contribution is -2.36. The van der Waals surface area contributed by atoms with Crippen molar-refractivity contribution in [3.63, 3.8) is 0 Å². The quantitative estimate of drug-likeness (QED) is 0.657. The molecule has 132 valence electrons. The van der Waals surface area contributed by atoms with Gasteiger partial charge in [0.05, 0.1) is 6.54 Å². The Hall–Kier alpha value is -2.79. The van der Waals surface area contributed by atoms with Gasteiger partial charge in [-0.15, -0.1) is 0 Å². The van der Waals surface area contributed by atoms with Crippen LogP contribution >= 0.6 is 0 Å². The number of ketones is 1. The largest absolute Gasteiger partial charge is 0.338 e. The van der Waals surface area contributed by atoms with E-state index >= 15 is 0 Å². The maximum atomic E-state index is 12.6. The Morgan fingerprint density at radius 3 is 2.35 bits per heavy atom. The van der Waals surface area contributed by atoms with Gasteiger partial charge in [-0.2, -0.15) is 4.98 Å². The molecule has 5 heteroatoms. The van der Waals surface area contributed by atoms with Crippen LogP contribution in [0, 0.1) is 5.92 Å². The summed E-state index contributed by atoms with van der Waals surface area (Å²) in [5, 5.41) is 4.07. The van der Waals surface area contributed by atoms with E-state index in [-0.39, 0.29) is 11.7 Å². The average molecular weight is 347 g/mol. The van der Waals surface area contributed by atoms with Crippen LogP contribution < -0.4 is 0 Å². The summed E-state index contributed by atoms with van der Waals surface area (Å²) < 4.78 is 5.40. The van der Waals surface area contributed by atoms with Crippen LogP contribution in [0.4, 0.5) is 0 Å². The number of rotatable bonds is 5. The molecular weight excluding hydrogens is 326 g/mol. The van der Waals surface area contributed by atoms with Gasteiger partial charge < -0.3 is 4.52 Å². The Kier molecular flexibility index (Phi) is 4.88. The summed E-state index contributed by atoms with van der Waals surface area (Å²) in [7, 11) is 0. The molecule has 0 unspecified atom stereocenters. The molecule has 1 saturated heterocycles. The van der Waals surface area contributed by atoms with Crippen molar-refractivity contribution in [1.82, 2.24) is 15.0 Å². The summed E-state index contributed by atoms with van der Waals surface area (Å²) in [5.41, 5.74) is 1.77. The predicted molar refractivity (Wildman–Crippen MR) is 98.5 cm³/mol. The van der Waals surface area contributed by atoms with Gasteiger partial charge in [0.2, 0.25) is 11.7 Å². The van der Waals surface area contributed by atoms with Gasteiger partial charge in [-0.3, -0.25) is 9.69 Å². The standard InChI is InChI=1S/C21H21N3O2/c25-20(16-7-3-1-4-8-16)17-11-13-24(14-12-17)15-19-22-21(23-26-19)18-9-5-2-6-10-18/h1-10,17H,11-15H2. The molecule has 26 heavy (non-hydrogen) atoms. The lowest BCUT2D eigenvalue weighted by Gasteiger charge is -2.30. The van der Waals surface area contributed by atoms with Crippen LogP contribution in [0.15, 0.2) is 65.2 Å². The molecule has 4 rings (SSSR count). The van der Waals surface area contributed by atoms with Gasteiger partial charge in [0.1, 0.15) is 0 Å². The van der Waals surface area contributed by atoms with Crippen molar-refractivity contribution in [3.05, 3.63) is 72.1 Å². The number of aromatic nitrogens is 2. The topological polar surface area (TPSA) is 59.2 Å². The van der Waals surface area contributed by atoms with Gasteiger partial charge in [-0.25, -0.2) is 0 Å². The molecule has 1 aromatic heterocycles. The van der Waals surface area contributed by atoms with Crippen molar-refractivity contribution >= 4 is 5.78 Å². The van der Waals surface area contributed by atoms with Gasteiger partial charge in [-0.1, -0.05) is 65.8 Å². The third kappa shape index (κ3) is 3.73. The molecule has 2 heterocycles. The van der Waals surface area contributed by atoms with Crippen LogP contribution in [0.25, 0.3) is 11.4 Å². The van der Waals surface area contributed by atoms with E-state index in [0.29, 0.717) is 18.3 Å². The lowest BCUT2D eigenvalue weighted by molar-refractivity contribution is 0.0825. The molecule has 3 aromatic rings. The minimum absolute atomic E-state index is 0.108. The Balaban J connectivity index is 1.33. The van der Waals surface area contributed by atoms with Crippen LogP contribution in [0.1, 0.15) is 29.1 Å². The average Bonchev–Trinajstić information content (AvgIpc) is 3.18. The molecular formula is C21H21N3O2. The Morgan fingerprint density at radius 1 is 1.00 bits per heavy atom. The first-order chi connectivity index (χ1) is 12.8. The second kappa shape index (κ2) is 7.62. The van der Waals surface area contributed by atoms with Gasteiger partial charge in [0.15, 0.2) is 5.78 Å². The molecule has 0 aliphatic carbocycles. The van der Waals surface area contributed by atoms with Crippen molar-refractivity contribution in [3.8, 4) is 11.4 Å². The van der Waals surface area contributed by atoms with E-state index in [1.807, 2.05) is 60.7 Å². The van der Waals surface area contributed by atoms with E-state index in [4.69, 9.17) is 4.52 Å². The Morgan fingerprint density at radius 2 is 1.65 bits per heavy atom. The molecule has 0 bridgehead atoms. The lowest BCUT2D eigenvalue weighted by atomic mass is 9.89. The molecule has 0 N–H and O–H groups in total. The summed E-state index contributed by atoms with van der Waals surface area (Å²) in [6.45, 7) is 2.37. The zero-order valence-corrected chi connectivity index (χ0v) is 14.5. The highest BCUT2D eigenvalue weighted by Crippen LogP contribution is 2.23. The highest BCUT2D eigenvalue weighted by molar-refractivity contribution is 5.97. The SMILES string of the molecule is O=C(c1ccccc1)C1CCN(Cc2nc(-c3ccccc3)no2)CC1. The summed E-state index contributed by atoms with van der Waals surface area (Å²) in [5.74, 6) is 1.61. The Bertz CT molecular complexity index is 853. The molecule has 0 saturated carbocycles. The number of benzene rings is 2. The van der Waals surface area contributed by atoms with Gasteiger partial charge in [0.25, 0.3) is 0 Å². The number of nitrogens with zero attached hydrogens (tertiary/aromatic N) is 3. The van der Waals surface area contributed by atoms with Gasteiger partial charge in [0, 0.05) is 17.0 Å². The molecule has 0 amide bonds. The molecule has 1 aliphatic rings. The first kappa shape index (κ1) is 16.7. The summed E-state index contributed by atoms with van der Waals surface area (Å²) in [6, 6.07) is 19.4. The second-order valence-corrected chi connectivity index (χ2v) is 6.66. The minimum atomic E-state index is 0.108. The third-order valence-electron chi connectivity index (χ3n) is 4.88. The van der Waals surface area contributed by atoms with Crippen LogP contribution in [0.2, 0.25) is 0 Å². The zero-order valence-electron chi connectivity index (χ0n) is 14.5. The highest BCUT2D eigenvalue weighted by Gasteiger charge is 2.26. The fourth-order valence-electron chi connectivity index (χ4n) is 3.41. The van der Waals surface area contributed by atoms with Crippen molar-refractivity contribution in [2.75, 3.05) is 13.1 Å². The number of hydrogen-bond acceptors (Lipinski definition) is 5. The van der Waals surface area contributed by atoms with Crippen molar-refractivity contribution in [1.29, 1.82) is 0 Å². The molecule has 0 radical (unpaired) electrons. The second-order valence-electron chi connectivity index (χ2n) is 6.66. The summed E-state index contributed by atoms with van der Waals surface area (Å²) in [4.78, 5) is 19.3. The predicted octanol–water partition coefficient (Wildman–Crippen LogP) is 3.83. The summed E-state index contributed by atoms with van der Waals surface area (Å²) in [6.07, 6.45) is 1.74. The van der Waals surface area contributed by atoms with E-state index in [1.165, 1.54) is 0 Å². The molecule has 1 fully saturated rings. The van der Waals surface area contributed by atoms with Gasteiger partial charge in [-0.05, 0) is 25.9 Å². The van der Waals surface area contributed by atoms with E-state index in [0.717, 1.165) is 37.1 Å². The van der Waals surface area contributed by atoms with Crippen LogP contribution in [0.5, 0.6) is 0 Å². The molecule has 0 atom stereocenters. The third-order valence-corrected chi connectivity index (χ3v) is 4.88. The first-order valence-electron chi connectivity index (χ1n) is 8.99. The monoisotopic (exact) mass is 347 g/mol. The van der Waals surface area contributed by atoms with Crippen molar-refractivity contribution in [2.24, 2.45) is 5.92 Å². The number of likely N-dealkylation sites (tertiary alicyclic amines) is 1. The first-order valence-corrected chi connectivity index (χ1v) is 8.99. The number of carbonyl (C=O) groups is 1. The van der Waals surface area contributed by atoms with E-state index in [1.54, 1.807) is 0 Å². The molecule has 5 nitrogen and oxygen atoms in total. The van der Waals surface area contributed by atoms with Gasteiger partial charge >= 0.3 is 0 Å². The van der Waals surface area contributed by atoms with E-state index in [2.05, 4.69) is 15.0 Å². The maximum absolute atomic E-state index is 12.6. The number of carbonyl (C=O) groups excluding carboxylic acids is 1. The maximum Gasteiger partial charge on any atom is 0.241 e. The minimum Gasteiger partial charge on any atom is -0.338 e. The fourth-order valence-corrected chi connectivity index (χ4v) is 3.41. The van der Waals surface area contributed by atoms with E-state index < -0.39 is 0 Å². The fraction of sp³-hybridized carbons (Fsp3) is 0.286. The number of piperidine rings is 1. The van der Waals surface area contributed by atoms with Crippen LogP contribution in [-0.4, -0.2) is 33.9 Å². The highest BCUT2D eigenvalue weighted by atomic mass is 16.5. The van der Waals surface area contributed by atoms with Crippen LogP contribution in [0.3, 0.4) is 0 Å². The molecule has 0 spiro atoms. The molecule has 1 aliphatic heterocycles. The number of Topliss-reactive ketones (excluding diaryl/α,β-unsaturated/α-hetero) is 1. The van der Waals surface area contributed by atoms with E-state index in [9.17, 15) is 4.79 Å². The smallest absolute Gasteiger partial charge is 0.241 e. The zero-order chi connectivity index (χ0) is 17.8. The van der Waals surface area contributed by atoms with Crippen molar-refractivity contribution in [2.45, 2.75) is 19.4 Å². The molecule has 2 aromatic carbocycles. The Labute approximate surface area is 152 Å².